The molecule has 1 amide bonds. The molecule has 3 rings (SSSR count). The zero-order valence-corrected chi connectivity index (χ0v) is 16.5. The number of nitrogens with zero attached hydrogens (tertiary/aromatic N) is 1. The minimum atomic E-state index is -0.421. The molecule has 0 bridgehead atoms. The van der Waals surface area contributed by atoms with Crippen molar-refractivity contribution >= 4 is 23.7 Å². The number of hydrogen-bond donors (Lipinski definition) is 0. The lowest BCUT2D eigenvalue weighted by atomic mass is 9.94. The number of ketones is 1. The second-order valence-electron chi connectivity index (χ2n) is 6.71. The van der Waals surface area contributed by atoms with Crippen LogP contribution < -0.4 is 4.74 Å². The second-order valence-corrected chi connectivity index (χ2v) is 6.71. The van der Waals surface area contributed by atoms with E-state index in [-0.39, 0.29) is 31.3 Å². The molecule has 0 radical (unpaired) electrons. The number of hydrogen-bond acceptors (Lipinski definition) is 5. The van der Waals surface area contributed by atoms with Crippen molar-refractivity contribution in [1.82, 2.24) is 4.90 Å². The summed E-state index contributed by atoms with van der Waals surface area (Å²) in [5, 5.41) is 0. The standard InChI is InChI=1S/C23H23NO5/c1-16(25)19-8-5-6-10-22(19)28-13-14-29-23(27)15-21-20-9-4-3-7-18(20)11-12-24(21)17(2)26/h3-12,21H,13-15H2,1-2H3. The Kier molecular flexibility index (Phi) is 6.44. The molecular formula is C23H23NO5. The SMILES string of the molecule is CC(=O)c1ccccc1OCCOC(=O)CC1c2ccccc2C=CN1C(C)=O. The smallest absolute Gasteiger partial charge is 0.308 e. The number of esters is 1. The summed E-state index contributed by atoms with van der Waals surface area (Å²) in [5.74, 6) is -0.191. The monoisotopic (exact) mass is 393 g/mol. The van der Waals surface area contributed by atoms with Gasteiger partial charge in [-0.2, -0.15) is 0 Å². The van der Waals surface area contributed by atoms with Crippen molar-refractivity contribution in [2.75, 3.05) is 13.2 Å². The zero-order valence-electron chi connectivity index (χ0n) is 16.5. The van der Waals surface area contributed by atoms with Crippen LogP contribution in [-0.4, -0.2) is 35.8 Å². The first-order valence-corrected chi connectivity index (χ1v) is 9.42. The first kappa shape index (κ1) is 20.3. The Morgan fingerprint density at radius 1 is 0.966 bits per heavy atom. The molecule has 150 valence electrons. The lowest BCUT2D eigenvalue weighted by Crippen LogP contribution is -2.32. The van der Waals surface area contributed by atoms with Crippen LogP contribution in [0.1, 0.15) is 47.8 Å². The molecule has 1 unspecified atom stereocenters. The average Bonchev–Trinajstić information content (AvgIpc) is 2.71. The van der Waals surface area contributed by atoms with Gasteiger partial charge >= 0.3 is 5.97 Å². The third-order valence-electron chi connectivity index (χ3n) is 4.70. The molecule has 0 saturated heterocycles. The van der Waals surface area contributed by atoms with Gasteiger partial charge in [-0.05, 0) is 36.3 Å². The summed E-state index contributed by atoms with van der Waals surface area (Å²) >= 11 is 0. The summed E-state index contributed by atoms with van der Waals surface area (Å²) < 4.78 is 10.9. The number of carbonyl (C=O) groups excluding carboxylic acids is 3. The number of ether oxygens (including phenoxy) is 2. The van der Waals surface area contributed by atoms with Gasteiger partial charge < -0.3 is 14.4 Å². The summed E-state index contributed by atoms with van der Waals surface area (Å²) in [6.07, 6.45) is 3.61. The Hall–Kier alpha value is -3.41. The Morgan fingerprint density at radius 2 is 1.69 bits per heavy atom. The normalized spacial score (nSPS) is 14.8. The molecule has 0 saturated carbocycles. The van der Waals surface area contributed by atoms with Crippen LogP contribution in [0.2, 0.25) is 0 Å². The highest BCUT2D eigenvalue weighted by atomic mass is 16.6. The number of Topliss-reactive ketones (excluding diaryl/α,β-unsaturated/α-hetero) is 1. The van der Waals surface area contributed by atoms with Gasteiger partial charge in [0.2, 0.25) is 5.91 Å². The number of fused-ring (bicyclic) bond motifs is 1. The molecule has 0 N–H and O–H groups in total. The Labute approximate surface area is 169 Å². The van der Waals surface area contributed by atoms with E-state index in [2.05, 4.69) is 0 Å². The minimum absolute atomic E-state index is 0.0466. The summed E-state index contributed by atoms with van der Waals surface area (Å²) in [4.78, 5) is 37.5. The van der Waals surface area contributed by atoms with Gasteiger partial charge in [-0.25, -0.2) is 0 Å². The van der Waals surface area contributed by atoms with E-state index in [4.69, 9.17) is 9.47 Å². The molecule has 1 aliphatic rings. The number of rotatable bonds is 7. The number of carbonyl (C=O) groups is 3. The summed E-state index contributed by atoms with van der Waals surface area (Å²) in [7, 11) is 0. The largest absolute Gasteiger partial charge is 0.489 e. The topological polar surface area (TPSA) is 72.9 Å². The fourth-order valence-electron chi connectivity index (χ4n) is 3.32. The highest BCUT2D eigenvalue weighted by molar-refractivity contribution is 5.96. The molecular weight excluding hydrogens is 370 g/mol. The van der Waals surface area contributed by atoms with Crippen LogP contribution in [-0.2, 0) is 14.3 Å². The van der Waals surface area contributed by atoms with Gasteiger partial charge in [-0.1, -0.05) is 36.4 Å². The van der Waals surface area contributed by atoms with Crippen molar-refractivity contribution in [2.24, 2.45) is 0 Å². The molecule has 6 nitrogen and oxygen atoms in total. The van der Waals surface area contributed by atoms with Crippen molar-refractivity contribution in [1.29, 1.82) is 0 Å². The molecule has 0 aromatic heterocycles. The molecule has 0 aliphatic carbocycles. The van der Waals surface area contributed by atoms with E-state index in [1.165, 1.54) is 13.8 Å². The fraction of sp³-hybridized carbons (Fsp3) is 0.261. The number of para-hydroxylation sites is 1. The highest BCUT2D eigenvalue weighted by Crippen LogP contribution is 2.33. The van der Waals surface area contributed by atoms with E-state index >= 15 is 0 Å². The first-order chi connectivity index (χ1) is 14.0. The zero-order chi connectivity index (χ0) is 20.8. The van der Waals surface area contributed by atoms with Crippen molar-refractivity contribution in [3.8, 4) is 5.75 Å². The van der Waals surface area contributed by atoms with Crippen molar-refractivity contribution < 1.29 is 23.9 Å². The molecule has 2 aromatic carbocycles. The molecule has 2 aromatic rings. The molecule has 1 aliphatic heterocycles. The van der Waals surface area contributed by atoms with Crippen LogP contribution in [0.25, 0.3) is 6.08 Å². The van der Waals surface area contributed by atoms with Gasteiger partial charge in [0, 0.05) is 13.1 Å². The third-order valence-corrected chi connectivity index (χ3v) is 4.70. The van der Waals surface area contributed by atoms with Gasteiger partial charge in [0.1, 0.15) is 19.0 Å². The van der Waals surface area contributed by atoms with E-state index in [0.717, 1.165) is 11.1 Å². The quantitative estimate of drug-likeness (QED) is 0.407. The number of benzene rings is 2. The summed E-state index contributed by atoms with van der Waals surface area (Å²) in [6, 6.07) is 14.2. The maximum atomic E-state index is 12.4. The molecule has 29 heavy (non-hydrogen) atoms. The van der Waals surface area contributed by atoms with Gasteiger partial charge in [0.25, 0.3) is 0 Å². The molecule has 0 fully saturated rings. The van der Waals surface area contributed by atoms with Crippen LogP contribution in [0.15, 0.2) is 54.7 Å². The van der Waals surface area contributed by atoms with Crippen LogP contribution in [0.5, 0.6) is 5.75 Å². The lowest BCUT2D eigenvalue weighted by molar-refractivity contribution is -0.146. The second kappa shape index (κ2) is 9.19. The Balaban J connectivity index is 1.57. The lowest BCUT2D eigenvalue weighted by Gasteiger charge is -2.32. The first-order valence-electron chi connectivity index (χ1n) is 9.42. The molecule has 6 heteroatoms. The van der Waals surface area contributed by atoms with Crippen molar-refractivity contribution in [2.45, 2.75) is 26.3 Å². The van der Waals surface area contributed by atoms with Crippen molar-refractivity contribution in [3.05, 3.63) is 71.4 Å². The van der Waals surface area contributed by atoms with E-state index < -0.39 is 12.0 Å². The molecule has 0 spiro atoms. The Morgan fingerprint density at radius 3 is 2.45 bits per heavy atom. The third kappa shape index (κ3) is 4.90. The summed E-state index contributed by atoms with van der Waals surface area (Å²) in [5.41, 5.74) is 2.38. The average molecular weight is 393 g/mol. The predicted octanol–water partition coefficient (Wildman–Crippen LogP) is 3.78. The van der Waals surface area contributed by atoms with Crippen LogP contribution in [0, 0.1) is 0 Å². The Bertz CT molecular complexity index is 950. The van der Waals surface area contributed by atoms with E-state index in [1.807, 2.05) is 30.3 Å². The van der Waals surface area contributed by atoms with Crippen molar-refractivity contribution in [3.63, 3.8) is 0 Å². The van der Waals surface area contributed by atoms with E-state index in [9.17, 15) is 14.4 Å². The van der Waals surface area contributed by atoms with Gasteiger partial charge in [0.05, 0.1) is 18.0 Å². The molecule has 1 atom stereocenters. The summed E-state index contributed by atoms with van der Waals surface area (Å²) in [6.45, 7) is 3.12. The van der Waals surface area contributed by atoms with Gasteiger partial charge in [0.15, 0.2) is 5.78 Å². The van der Waals surface area contributed by atoms with Crippen LogP contribution in [0.4, 0.5) is 0 Å². The highest BCUT2D eigenvalue weighted by Gasteiger charge is 2.28. The molecule has 1 heterocycles. The predicted molar refractivity (Wildman–Crippen MR) is 108 cm³/mol. The van der Waals surface area contributed by atoms with Crippen LogP contribution >= 0.6 is 0 Å². The fourth-order valence-corrected chi connectivity index (χ4v) is 3.32. The van der Waals surface area contributed by atoms with Gasteiger partial charge in [-0.3, -0.25) is 14.4 Å². The maximum absolute atomic E-state index is 12.4. The number of amides is 1. The maximum Gasteiger partial charge on any atom is 0.308 e. The van der Waals surface area contributed by atoms with Gasteiger partial charge in [-0.15, -0.1) is 0 Å². The van der Waals surface area contributed by atoms with Crippen LogP contribution in [0.3, 0.4) is 0 Å². The van der Waals surface area contributed by atoms with E-state index in [1.54, 1.807) is 35.4 Å². The van der Waals surface area contributed by atoms with E-state index in [0.29, 0.717) is 11.3 Å². The minimum Gasteiger partial charge on any atom is -0.489 e.